The summed E-state index contributed by atoms with van der Waals surface area (Å²) in [5, 5.41) is 5.01. The van der Waals surface area contributed by atoms with Crippen molar-refractivity contribution in [3.05, 3.63) is 59.8 Å². The van der Waals surface area contributed by atoms with Crippen molar-refractivity contribution in [2.24, 2.45) is 0 Å². The second-order valence-electron chi connectivity index (χ2n) is 6.06. The highest BCUT2D eigenvalue weighted by Crippen LogP contribution is 2.36. The van der Waals surface area contributed by atoms with Crippen LogP contribution in [0.3, 0.4) is 0 Å². The second-order valence-corrected chi connectivity index (χ2v) is 6.06. The summed E-state index contributed by atoms with van der Waals surface area (Å²) >= 11 is 0. The van der Waals surface area contributed by atoms with Crippen LogP contribution in [0.25, 0.3) is 33.1 Å². The summed E-state index contributed by atoms with van der Waals surface area (Å²) in [4.78, 5) is 18.7. The molecule has 4 aromatic rings. The zero-order valence-electron chi connectivity index (χ0n) is 15.6. The molecule has 0 unspecified atom stereocenters. The number of hydrogen-bond donors (Lipinski definition) is 2. The molecule has 0 radical (unpaired) electrons. The number of aromatic nitrogens is 2. The van der Waals surface area contributed by atoms with Gasteiger partial charge < -0.3 is 10.3 Å². The van der Waals surface area contributed by atoms with Gasteiger partial charge in [-0.2, -0.15) is 0 Å². The molecule has 2 heterocycles. The van der Waals surface area contributed by atoms with Crippen LogP contribution >= 0.6 is 0 Å². The fourth-order valence-electron chi connectivity index (χ4n) is 3.21. The van der Waals surface area contributed by atoms with E-state index in [0.29, 0.717) is 6.41 Å². The maximum atomic E-state index is 10.7. The quantitative estimate of drug-likeness (QED) is 0.475. The monoisotopic (exact) mass is 345 g/mol. The molecule has 0 saturated heterocycles. The lowest BCUT2D eigenvalue weighted by atomic mass is 9.97. The smallest absolute Gasteiger partial charge is 0.211 e. The molecule has 2 aromatic carbocycles. The molecule has 4 heteroatoms. The van der Waals surface area contributed by atoms with Crippen molar-refractivity contribution < 1.29 is 4.79 Å². The van der Waals surface area contributed by atoms with Crippen LogP contribution in [-0.2, 0) is 4.79 Å². The highest BCUT2D eigenvalue weighted by atomic mass is 16.1. The van der Waals surface area contributed by atoms with Gasteiger partial charge in [-0.15, -0.1) is 0 Å². The molecule has 0 aliphatic rings. The van der Waals surface area contributed by atoms with Crippen molar-refractivity contribution in [3.8, 4) is 11.1 Å². The lowest BCUT2D eigenvalue weighted by Crippen LogP contribution is -1.93. The number of amides is 1. The number of pyridine rings is 1. The summed E-state index contributed by atoms with van der Waals surface area (Å²) in [5.41, 5.74) is 7.30. The van der Waals surface area contributed by atoms with Crippen LogP contribution in [-0.4, -0.2) is 16.4 Å². The Morgan fingerprint density at radius 1 is 1.08 bits per heavy atom. The van der Waals surface area contributed by atoms with Crippen LogP contribution in [0.2, 0.25) is 0 Å². The first-order valence-electron chi connectivity index (χ1n) is 8.85. The van der Waals surface area contributed by atoms with Crippen LogP contribution < -0.4 is 5.32 Å². The second kappa shape index (κ2) is 7.40. The number of nitrogens with zero attached hydrogens (tertiary/aromatic N) is 1. The van der Waals surface area contributed by atoms with Crippen molar-refractivity contribution in [1.29, 1.82) is 0 Å². The fraction of sp³-hybridized carbons (Fsp3) is 0.182. The lowest BCUT2D eigenvalue weighted by molar-refractivity contribution is -0.105. The summed E-state index contributed by atoms with van der Waals surface area (Å²) in [6, 6.07) is 14.3. The molecule has 0 aliphatic carbocycles. The summed E-state index contributed by atoms with van der Waals surface area (Å²) in [6.07, 6.45) is 2.57. The van der Waals surface area contributed by atoms with E-state index in [0.717, 1.165) is 38.9 Å². The molecule has 0 saturated carbocycles. The topological polar surface area (TPSA) is 57.8 Å². The molecule has 2 aromatic heterocycles. The van der Waals surface area contributed by atoms with E-state index in [1.54, 1.807) is 0 Å². The summed E-state index contributed by atoms with van der Waals surface area (Å²) in [6.45, 7) is 8.15. The van der Waals surface area contributed by atoms with Crippen LogP contribution in [0.15, 0.2) is 48.7 Å². The highest BCUT2D eigenvalue weighted by molar-refractivity contribution is 6.14. The summed E-state index contributed by atoms with van der Waals surface area (Å²) < 4.78 is 0. The number of benzene rings is 2. The van der Waals surface area contributed by atoms with Crippen molar-refractivity contribution in [3.63, 3.8) is 0 Å². The number of rotatable bonds is 3. The molecule has 1 amide bonds. The van der Waals surface area contributed by atoms with Gasteiger partial charge >= 0.3 is 0 Å². The van der Waals surface area contributed by atoms with Gasteiger partial charge in [0.1, 0.15) is 5.65 Å². The van der Waals surface area contributed by atoms with Gasteiger partial charge in [0.05, 0.1) is 5.52 Å². The molecule has 132 valence electrons. The van der Waals surface area contributed by atoms with E-state index in [4.69, 9.17) is 0 Å². The first-order valence-corrected chi connectivity index (χ1v) is 8.85. The highest BCUT2D eigenvalue weighted by Gasteiger charge is 2.13. The number of fused-ring (bicyclic) bond motifs is 3. The van der Waals surface area contributed by atoms with Gasteiger partial charge in [-0.05, 0) is 54.3 Å². The number of H-pyrrole nitrogens is 1. The largest absolute Gasteiger partial charge is 0.339 e. The van der Waals surface area contributed by atoms with E-state index >= 15 is 0 Å². The average molecular weight is 345 g/mol. The Kier molecular flexibility index (Phi) is 5.03. The number of carbonyl (C=O) groups excluding carboxylic acids is 1. The zero-order valence-corrected chi connectivity index (χ0v) is 15.6. The number of aryl methyl sites for hydroxylation is 2. The van der Waals surface area contributed by atoms with E-state index in [1.165, 1.54) is 10.9 Å². The maximum absolute atomic E-state index is 10.7. The summed E-state index contributed by atoms with van der Waals surface area (Å²) in [7, 11) is 0. The zero-order chi connectivity index (χ0) is 18.7. The van der Waals surface area contributed by atoms with Gasteiger partial charge in [-0.1, -0.05) is 38.1 Å². The first-order chi connectivity index (χ1) is 12.7. The minimum absolute atomic E-state index is 0.697. The minimum Gasteiger partial charge on any atom is -0.339 e. The van der Waals surface area contributed by atoms with Crippen LogP contribution in [0.1, 0.15) is 25.0 Å². The molecule has 0 aliphatic heterocycles. The average Bonchev–Trinajstić information content (AvgIpc) is 3.04. The van der Waals surface area contributed by atoms with Gasteiger partial charge in [0.15, 0.2) is 0 Å². The fourth-order valence-corrected chi connectivity index (χ4v) is 3.21. The standard InChI is InChI=1S/C20H17N3O.C2H6/c1-12-8-17-18-16(14-4-3-5-15(9-14)22-11-24)7-6-13(2)19(18)23-20(17)21-10-12;1-2/h3-11H,1-2H3,(H,21,23)(H,22,24);1-2H3. The molecule has 0 spiro atoms. The van der Waals surface area contributed by atoms with E-state index in [2.05, 4.69) is 53.4 Å². The predicted molar refractivity (Wildman–Crippen MR) is 110 cm³/mol. The molecule has 0 bridgehead atoms. The number of aromatic amines is 1. The van der Waals surface area contributed by atoms with Crippen LogP contribution in [0, 0.1) is 13.8 Å². The molecule has 0 fully saturated rings. The lowest BCUT2D eigenvalue weighted by Gasteiger charge is -2.08. The number of carbonyl (C=O) groups is 1. The Bertz CT molecular complexity index is 1080. The SMILES string of the molecule is CC.Cc1cnc2[nH]c3c(C)ccc(-c4cccc(NC=O)c4)c3c2c1. The van der Waals surface area contributed by atoms with E-state index in [1.807, 2.05) is 38.2 Å². The van der Waals surface area contributed by atoms with E-state index < -0.39 is 0 Å². The maximum Gasteiger partial charge on any atom is 0.211 e. The van der Waals surface area contributed by atoms with Gasteiger partial charge in [0.25, 0.3) is 0 Å². The molecular weight excluding hydrogens is 322 g/mol. The third kappa shape index (κ3) is 3.06. The van der Waals surface area contributed by atoms with Gasteiger partial charge in [0.2, 0.25) is 6.41 Å². The molecule has 2 N–H and O–H groups in total. The normalized spacial score (nSPS) is 10.5. The number of anilines is 1. The predicted octanol–water partition coefficient (Wildman–Crippen LogP) is 5.59. The minimum atomic E-state index is 0.697. The molecule has 26 heavy (non-hydrogen) atoms. The molecule has 0 atom stereocenters. The molecular formula is C22H23N3O. The van der Waals surface area contributed by atoms with Crippen molar-refractivity contribution >= 4 is 34.0 Å². The Morgan fingerprint density at radius 2 is 1.88 bits per heavy atom. The first kappa shape index (κ1) is 17.7. The van der Waals surface area contributed by atoms with Crippen LogP contribution in [0.5, 0.6) is 0 Å². The number of hydrogen-bond acceptors (Lipinski definition) is 2. The molecule has 4 rings (SSSR count). The Morgan fingerprint density at radius 3 is 2.65 bits per heavy atom. The summed E-state index contributed by atoms with van der Waals surface area (Å²) in [5.74, 6) is 0. The van der Waals surface area contributed by atoms with Gasteiger partial charge in [0, 0.05) is 22.7 Å². The van der Waals surface area contributed by atoms with Crippen molar-refractivity contribution in [1.82, 2.24) is 9.97 Å². The van der Waals surface area contributed by atoms with E-state index in [-0.39, 0.29) is 0 Å². The number of nitrogens with one attached hydrogen (secondary N) is 2. The van der Waals surface area contributed by atoms with Crippen LogP contribution in [0.4, 0.5) is 5.69 Å². The molecule has 4 nitrogen and oxygen atoms in total. The third-order valence-corrected chi connectivity index (χ3v) is 4.35. The van der Waals surface area contributed by atoms with Gasteiger partial charge in [-0.25, -0.2) is 4.98 Å². The Labute approximate surface area is 153 Å². The third-order valence-electron chi connectivity index (χ3n) is 4.35. The Hall–Kier alpha value is -3.14. The van der Waals surface area contributed by atoms with Crippen molar-refractivity contribution in [2.45, 2.75) is 27.7 Å². The van der Waals surface area contributed by atoms with E-state index in [9.17, 15) is 4.79 Å². The van der Waals surface area contributed by atoms with Gasteiger partial charge in [-0.3, -0.25) is 4.79 Å². The Balaban J connectivity index is 0.000000948. The van der Waals surface area contributed by atoms with Crippen molar-refractivity contribution in [2.75, 3.05) is 5.32 Å².